The summed E-state index contributed by atoms with van der Waals surface area (Å²) in [6.07, 6.45) is 1.83. The number of amides is 1. The fourth-order valence-electron chi connectivity index (χ4n) is 2.70. The largest absolute Gasteiger partial charge is 0.489 e. The number of hydrogen-bond acceptors (Lipinski definition) is 3. The molecule has 1 aliphatic rings. The Morgan fingerprint density at radius 3 is 2.41 bits per heavy atom. The predicted molar refractivity (Wildman–Crippen MR) is 113 cm³/mol. The third-order valence-electron chi connectivity index (χ3n) is 4.23. The highest BCUT2D eigenvalue weighted by atomic mass is 35.5. The molecule has 140 valence electrons. The van der Waals surface area contributed by atoms with Crippen LogP contribution in [0.2, 0.25) is 10.0 Å². The highest BCUT2D eigenvalue weighted by Gasteiger charge is 2.34. The molecular weight excluding hydrogens is 403 g/mol. The fraction of sp³-hybridized carbons (Fsp3) is 0.200. The Kier molecular flexibility index (Phi) is 6.05. The Morgan fingerprint density at radius 2 is 1.81 bits per heavy atom. The lowest BCUT2D eigenvalue weighted by molar-refractivity contribution is -0.122. The van der Waals surface area contributed by atoms with Gasteiger partial charge in [0.05, 0.1) is 10.0 Å². The molecule has 1 saturated heterocycles. The van der Waals surface area contributed by atoms with Crippen molar-refractivity contribution in [2.45, 2.75) is 13.5 Å². The average Bonchev–Trinajstić information content (AvgIpc) is 2.86. The molecular formula is C20H18Cl2N2O2S. The van der Waals surface area contributed by atoms with Gasteiger partial charge in [0.15, 0.2) is 5.11 Å². The molecule has 1 heterocycles. The van der Waals surface area contributed by atoms with E-state index in [1.807, 2.05) is 43.3 Å². The Morgan fingerprint density at radius 1 is 1.11 bits per heavy atom. The first-order valence-corrected chi connectivity index (χ1v) is 9.55. The topological polar surface area (TPSA) is 32.8 Å². The molecule has 2 aromatic carbocycles. The van der Waals surface area contributed by atoms with E-state index in [1.54, 1.807) is 29.0 Å². The van der Waals surface area contributed by atoms with Crippen molar-refractivity contribution in [1.29, 1.82) is 0 Å². The van der Waals surface area contributed by atoms with Crippen LogP contribution in [0, 0.1) is 0 Å². The molecule has 1 aliphatic heterocycles. The van der Waals surface area contributed by atoms with Crippen LogP contribution in [-0.4, -0.2) is 34.4 Å². The van der Waals surface area contributed by atoms with E-state index >= 15 is 0 Å². The maximum absolute atomic E-state index is 12.4. The van der Waals surface area contributed by atoms with E-state index in [0.29, 0.717) is 34.0 Å². The monoisotopic (exact) mass is 420 g/mol. The summed E-state index contributed by atoms with van der Waals surface area (Å²) in [6.45, 7) is 2.85. The molecule has 2 aromatic rings. The molecule has 0 unspecified atom stereocenters. The lowest BCUT2D eigenvalue weighted by Crippen LogP contribution is -2.30. The minimum atomic E-state index is -0.0788. The summed E-state index contributed by atoms with van der Waals surface area (Å²) in [7, 11) is 1.80. The van der Waals surface area contributed by atoms with Gasteiger partial charge in [-0.2, -0.15) is 0 Å². The molecule has 0 spiro atoms. The lowest BCUT2D eigenvalue weighted by Gasteiger charge is -2.13. The van der Waals surface area contributed by atoms with Crippen LogP contribution in [-0.2, 0) is 11.4 Å². The van der Waals surface area contributed by atoms with Crippen LogP contribution in [0.5, 0.6) is 5.75 Å². The van der Waals surface area contributed by atoms with Crippen LogP contribution in [0.3, 0.4) is 0 Å². The summed E-state index contributed by atoms with van der Waals surface area (Å²) in [4.78, 5) is 15.7. The zero-order valence-corrected chi connectivity index (χ0v) is 17.2. The number of nitrogens with zero attached hydrogens (tertiary/aromatic N) is 2. The van der Waals surface area contributed by atoms with Crippen molar-refractivity contribution in [3.8, 4) is 5.75 Å². The van der Waals surface area contributed by atoms with E-state index < -0.39 is 0 Å². The second-order valence-electron chi connectivity index (χ2n) is 6.03. The van der Waals surface area contributed by atoms with E-state index in [9.17, 15) is 4.79 Å². The molecule has 7 heteroatoms. The van der Waals surface area contributed by atoms with Crippen molar-refractivity contribution < 1.29 is 9.53 Å². The first kappa shape index (κ1) is 19.7. The number of halogens is 2. The van der Waals surface area contributed by atoms with Crippen LogP contribution in [0.1, 0.15) is 18.1 Å². The van der Waals surface area contributed by atoms with E-state index in [4.69, 9.17) is 40.2 Å². The Labute approximate surface area is 173 Å². The van der Waals surface area contributed by atoms with Gasteiger partial charge in [-0.3, -0.25) is 9.69 Å². The zero-order chi connectivity index (χ0) is 19.6. The summed E-state index contributed by atoms with van der Waals surface area (Å²) < 4.78 is 5.78. The highest BCUT2D eigenvalue weighted by Crippen LogP contribution is 2.25. The van der Waals surface area contributed by atoms with Crippen LogP contribution in [0.4, 0.5) is 0 Å². The molecule has 0 radical (unpaired) electrons. The highest BCUT2D eigenvalue weighted by molar-refractivity contribution is 7.80. The lowest BCUT2D eigenvalue weighted by atomic mass is 10.1. The van der Waals surface area contributed by atoms with Gasteiger partial charge in [0.1, 0.15) is 18.1 Å². The first-order valence-electron chi connectivity index (χ1n) is 8.38. The number of hydrogen-bond donors (Lipinski definition) is 0. The van der Waals surface area contributed by atoms with Crippen molar-refractivity contribution in [3.05, 3.63) is 69.3 Å². The van der Waals surface area contributed by atoms with Crippen LogP contribution >= 0.6 is 35.4 Å². The molecule has 0 aliphatic carbocycles. The Balaban J connectivity index is 1.69. The number of ether oxygens (including phenoxy) is 1. The van der Waals surface area contributed by atoms with Gasteiger partial charge in [0.2, 0.25) is 0 Å². The quantitative estimate of drug-likeness (QED) is 0.503. The molecule has 0 atom stereocenters. The molecule has 0 N–H and O–H groups in total. The fourth-order valence-corrected chi connectivity index (χ4v) is 3.34. The molecule has 1 amide bonds. The standard InChI is InChI=1S/C20H18Cl2N2O2S/c1-3-24-19(25)18(23(2)20(24)27)11-13-4-7-15(8-5-13)26-12-14-6-9-16(21)17(22)10-14/h4-11H,3,12H2,1-2H3/b18-11-. The molecule has 0 aromatic heterocycles. The maximum Gasteiger partial charge on any atom is 0.276 e. The van der Waals surface area contributed by atoms with Crippen molar-refractivity contribution in [1.82, 2.24) is 9.80 Å². The third kappa shape index (κ3) is 4.26. The van der Waals surface area contributed by atoms with Gasteiger partial charge in [-0.05, 0) is 60.6 Å². The minimum Gasteiger partial charge on any atom is -0.489 e. The predicted octanol–water partition coefficient (Wildman–Crippen LogP) is 4.99. The molecule has 0 bridgehead atoms. The SMILES string of the molecule is CCN1C(=O)/C(=C/c2ccc(OCc3ccc(Cl)c(Cl)c3)cc2)N(C)C1=S. The number of likely N-dealkylation sites (N-methyl/N-ethyl adjacent to an activating group) is 2. The molecule has 3 rings (SSSR count). The van der Waals surface area contributed by atoms with E-state index in [2.05, 4.69) is 0 Å². The van der Waals surface area contributed by atoms with Gasteiger partial charge >= 0.3 is 0 Å². The summed E-state index contributed by atoms with van der Waals surface area (Å²) in [5.41, 5.74) is 2.39. The Hall–Kier alpha value is -2.08. The maximum atomic E-state index is 12.4. The number of benzene rings is 2. The zero-order valence-electron chi connectivity index (χ0n) is 14.9. The van der Waals surface area contributed by atoms with Gasteiger partial charge in [-0.15, -0.1) is 0 Å². The van der Waals surface area contributed by atoms with Crippen molar-refractivity contribution in [2.75, 3.05) is 13.6 Å². The first-order chi connectivity index (χ1) is 12.9. The second-order valence-corrected chi connectivity index (χ2v) is 7.21. The van der Waals surface area contributed by atoms with E-state index in [-0.39, 0.29) is 5.91 Å². The summed E-state index contributed by atoms with van der Waals surface area (Å²) in [5, 5.41) is 1.55. The molecule has 1 fully saturated rings. The van der Waals surface area contributed by atoms with Crippen LogP contribution in [0.25, 0.3) is 6.08 Å². The number of carbonyl (C=O) groups is 1. The van der Waals surface area contributed by atoms with Gasteiger partial charge in [-0.1, -0.05) is 41.4 Å². The van der Waals surface area contributed by atoms with Gasteiger partial charge in [-0.25, -0.2) is 0 Å². The van der Waals surface area contributed by atoms with E-state index in [0.717, 1.165) is 16.9 Å². The number of rotatable bonds is 5. The van der Waals surface area contributed by atoms with E-state index in [1.165, 1.54) is 0 Å². The Bertz CT molecular complexity index is 913. The minimum absolute atomic E-state index is 0.0788. The normalized spacial score (nSPS) is 15.8. The summed E-state index contributed by atoms with van der Waals surface area (Å²) in [6, 6.07) is 12.9. The number of carbonyl (C=O) groups excluding carboxylic acids is 1. The van der Waals surface area contributed by atoms with Gasteiger partial charge < -0.3 is 9.64 Å². The van der Waals surface area contributed by atoms with Gasteiger partial charge in [0.25, 0.3) is 5.91 Å². The van der Waals surface area contributed by atoms with Crippen molar-refractivity contribution >= 4 is 52.5 Å². The molecule has 27 heavy (non-hydrogen) atoms. The average molecular weight is 421 g/mol. The number of thiocarbonyl (C=S) groups is 1. The van der Waals surface area contributed by atoms with Crippen molar-refractivity contribution in [3.63, 3.8) is 0 Å². The molecule has 4 nitrogen and oxygen atoms in total. The third-order valence-corrected chi connectivity index (χ3v) is 5.47. The van der Waals surface area contributed by atoms with Crippen molar-refractivity contribution in [2.24, 2.45) is 0 Å². The second kappa shape index (κ2) is 8.30. The smallest absolute Gasteiger partial charge is 0.276 e. The van der Waals surface area contributed by atoms with Gasteiger partial charge in [0, 0.05) is 13.6 Å². The summed E-state index contributed by atoms with van der Waals surface area (Å²) >= 11 is 17.2. The summed E-state index contributed by atoms with van der Waals surface area (Å²) in [5.74, 6) is 0.643. The van der Waals surface area contributed by atoms with Crippen LogP contribution < -0.4 is 4.74 Å². The van der Waals surface area contributed by atoms with Crippen LogP contribution in [0.15, 0.2) is 48.2 Å². The molecule has 0 saturated carbocycles.